The lowest BCUT2D eigenvalue weighted by atomic mass is 9.98. The number of thiophene rings is 1. The molecule has 1 aromatic heterocycles. The van der Waals surface area contributed by atoms with E-state index in [9.17, 15) is 9.90 Å². The predicted molar refractivity (Wildman–Crippen MR) is 65.0 cm³/mol. The van der Waals surface area contributed by atoms with Gasteiger partial charge >= 0.3 is 5.97 Å². The molecule has 0 aliphatic rings. The zero-order valence-corrected chi connectivity index (χ0v) is 9.70. The highest BCUT2D eigenvalue weighted by atomic mass is 32.1. The molecule has 2 nitrogen and oxygen atoms in total. The Hall–Kier alpha value is -1.61. The van der Waals surface area contributed by atoms with Gasteiger partial charge in [-0.3, -0.25) is 4.79 Å². The zero-order chi connectivity index (χ0) is 11.5. The van der Waals surface area contributed by atoms with Gasteiger partial charge < -0.3 is 5.11 Å². The first-order valence-corrected chi connectivity index (χ1v) is 5.84. The van der Waals surface area contributed by atoms with Crippen molar-refractivity contribution in [3.05, 3.63) is 57.8 Å². The van der Waals surface area contributed by atoms with E-state index in [2.05, 4.69) is 0 Å². The van der Waals surface area contributed by atoms with Crippen molar-refractivity contribution < 1.29 is 9.90 Å². The third kappa shape index (κ3) is 2.14. The smallest absolute Gasteiger partial charge is 0.316 e. The van der Waals surface area contributed by atoms with E-state index in [0.717, 1.165) is 15.3 Å². The average Bonchev–Trinajstić information content (AvgIpc) is 2.66. The molecule has 0 saturated heterocycles. The second kappa shape index (κ2) is 4.49. The SMILES string of the molecule is Cc1ccc(C(C(=O)O)c2ccccc2)s1. The quantitative estimate of drug-likeness (QED) is 0.881. The second-order valence-corrected chi connectivity index (χ2v) is 4.95. The minimum atomic E-state index is -0.798. The second-order valence-electron chi connectivity index (χ2n) is 3.63. The van der Waals surface area contributed by atoms with E-state index in [-0.39, 0.29) is 0 Å². The monoisotopic (exact) mass is 232 g/mol. The lowest BCUT2D eigenvalue weighted by Gasteiger charge is -2.10. The van der Waals surface area contributed by atoms with Crippen LogP contribution in [0.2, 0.25) is 0 Å². The minimum absolute atomic E-state index is 0.542. The van der Waals surface area contributed by atoms with Crippen LogP contribution in [0.1, 0.15) is 21.2 Å². The van der Waals surface area contributed by atoms with Crippen molar-refractivity contribution in [3.8, 4) is 0 Å². The zero-order valence-electron chi connectivity index (χ0n) is 8.88. The number of aliphatic carboxylic acids is 1. The summed E-state index contributed by atoms with van der Waals surface area (Å²) < 4.78 is 0. The summed E-state index contributed by atoms with van der Waals surface area (Å²) in [7, 11) is 0. The number of hydrogen-bond acceptors (Lipinski definition) is 2. The third-order valence-electron chi connectivity index (χ3n) is 2.43. The van der Waals surface area contributed by atoms with Gasteiger partial charge in [-0.2, -0.15) is 0 Å². The Kier molecular flexibility index (Phi) is 3.06. The van der Waals surface area contributed by atoms with Crippen molar-refractivity contribution in [2.24, 2.45) is 0 Å². The van der Waals surface area contributed by atoms with Gasteiger partial charge in [-0.05, 0) is 24.6 Å². The Morgan fingerprint density at radius 2 is 1.88 bits per heavy atom. The van der Waals surface area contributed by atoms with Crippen LogP contribution in [0.5, 0.6) is 0 Å². The van der Waals surface area contributed by atoms with Gasteiger partial charge in [0.1, 0.15) is 5.92 Å². The number of hydrogen-bond donors (Lipinski definition) is 1. The third-order valence-corrected chi connectivity index (χ3v) is 3.49. The maximum atomic E-state index is 11.3. The van der Waals surface area contributed by atoms with Crippen LogP contribution in [-0.2, 0) is 4.79 Å². The number of rotatable bonds is 3. The Balaban J connectivity index is 2.43. The summed E-state index contributed by atoms with van der Waals surface area (Å²) in [4.78, 5) is 13.3. The van der Waals surface area contributed by atoms with Crippen LogP contribution in [0.15, 0.2) is 42.5 Å². The first-order chi connectivity index (χ1) is 7.68. The Morgan fingerprint density at radius 3 is 2.38 bits per heavy atom. The summed E-state index contributed by atoms with van der Waals surface area (Å²) in [6.45, 7) is 1.98. The van der Waals surface area contributed by atoms with Gasteiger partial charge in [0.2, 0.25) is 0 Å². The molecule has 0 aliphatic heterocycles. The minimum Gasteiger partial charge on any atom is -0.481 e. The van der Waals surface area contributed by atoms with Crippen LogP contribution in [0.4, 0.5) is 0 Å². The van der Waals surface area contributed by atoms with Gasteiger partial charge in [-0.25, -0.2) is 0 Å². The molecule has 0 fully saturated rings. The summed E-state index contributed by atoms with van der Waals surface area (Å²) >= 11 is 1.54. The van der Waals surface area contributed by atoms with E-state index in [4.69, 9.17) is 0 Å². The van der Waals surface area contributed by atoms with Crippen molar-refractivity contribution >= 4 is 17.3 Å². The fourth-order valence-corrected chi connectivity index (χ4v) is 2.68. The standard InChI is InChI=1S/C13H12O2S/c1-9-7-8-11(16-9)12(13(14)15)10-5-3-2-4-6-10/h2-8,12H,1H3,(H,14,15). The predicted octanol–water partition coefficient (Wildman–Crippen LogP) is 3.27. The molecule has 0 saturated carbocycles. The van der Waals surface area contributed by atoms with E-state index in [1.807, 2.05) is 49.4 Å². The molecule has 3 heteroatoms. The van der Waals surface area contributed by atoms with Crippen molar-refractivity contribution in [3.63, 3.8) is 0 Å². The fourth-order valence-electron chi connectivity index (χ4n) is 1.68. The van der Waals surface area contributed by atoms with Crippen LogP contribution in [-0.4, -0.2) is 11.1 Å². The van der Waals surface area contributed by atoms with E-state index >= 15 is 0 Å². The van der Waals surface area contributed by atoms with E-state index in [0.29, 0.717) is 0 Å². The normalized spacial score (nSPS) is 12.3. The molecule has 2 aromatic rings. The molecular formula is C13H12O2S. The highest BCUT2D eigenvalue weighted by Crippen LogP contribution is 2.30. The van der Waals surface area contributed by atoms with Crippen molar-refractivity contribution in [2.75, 3.05) is 0 Å². The van der Waals surface area contributed by atoms with Gasteiger partial charge in [-0.15, -0.1) is 11.3 Å². The van der Waals surface area contributed by atoms with Crippen LogP contribution >= 0.6 is 11.3 Å². The van der Waals surface area contributed by atoms with Crippen LogP contribution in [0.3, 0.4) is 0 Å². The van der Waals surface area contributed by atoms with Gasteiger partial charge in [0.05, 0.1) is 0 Å². The van der Waals surface area contributed by atoms with Crippen molar-refractivity contribution in [1.82, 2.24) is 0 Å². The van der Waals surface area contributed by atoms with Gasteiger partial charge in [-0.1, -0.05) is 30.3 Å². The largest absolute Gasteiger partial charge is 0.481 e. The summed E-state index contributed by atoms with van der Waals surface area (Å²) in [5, 5.41) is 9.30. The maximum absolute atomic E-state index is 11.3. The average molecular weight is 232 g/mol. The molecule has 1 atom stereocenters. The molecule has 0 amide bonds. The fraction of sp³-hybridized carbons (Fsp3) is 0.154. The van der Waals surface area contributed by atoms with Gasteiger partial charge in [0.15, 0.2) is 0 Å². The van der Waals surface area contributed by atoms with E-state index in [1.165, 1.54) is 11.3 Å². The lowest BCUT2D eigenvalue weighted by Crippen LogP contribution is -2.11. The first-order valence-electron chi connectivity index (χ1n) is 5.02. The topological polar surface area (TPSA) is 37.3 Å². The summed E-state index contributed by atoms with van der Waals surface area (Å²) in [6.07, 6.45) is 0. The number of benzene rings is 1. The maximum Gasteiger partial charge on any atom is 0.316 e. The summed E-state index contributed by atoms with van der Waals surface area (Å²) in [6, 6.07) is 13.2. The molecular weight excluding hydrogens is 220 g/mol. The highest BCUT2D eigenvalue weighted by Gasteiger charge is 2.22. The molecule has 0 radical (unpaired) electrons. The van der Waals surface area contributed by atoms with Gasteiger partial charge in [0.25, 0.3) is 0 Å². The molecule has 0 bridgehead atoms. The van der Waals surface area contributed by atoms with Crippen LogP contribution in [0.25, 0.3) is 0 Å². The number of carboxylic acid groups (broad SMARTS) is 1. The molecule has 0 aliphatic carbocycles. The Morgan fingerprint density at radius 1 is 1.19 bits per heavy atom. The first kappa shape index (κ1) is 10.9. The molecule has 1 unspecified atom stereocenters. The summed E-state index contributed by atoms with van der Waals surface area (Å²) in [5.74, 6) is -1.34. The van der Waals surface area contributed by atoms with Gasteiger partial charge in [0, 0.05) is 9.75 Å². The van der Waals surface area contributed by atoms with Crippen molar-refractivity contribution in [2.45, 2.75) is 12.8 Å². The lowest BCUT2D eigenvalue weighted by molar-refractivity contribution is -0.137. The Bertz CT molecular complexity index is 488. The van der Waals surface area contributed by atoms with Crippen LogP contribution in [0, 0.1) is 6.92 Å². The molecule has 1 N–H and O–H groups in total. The van der Waals surface area contributed by atoms with E-state index in [1.54, 1.807) is 0 Å². The molecule has 2 rings (SSSR count). The molecule has 1 heterocycles. The Labute approximate surface area is 98.2 Å². The van der Waals surface area contributed by atoms with Crippen molar-refractivity contribution in [1.29, 1.82) is 0 Å². The molecule has 82 valence electrons. The highest BCUT2D eigenvalue weighted by molar-refractivity contribution is 7.12. The number of carbonyl (C=O) groups is 1. The summed E-state index contributed by atoms with van der Waals surface area (Å²) in [5.41, 5.74) is 0.830. The molecule has 0 spiro atoms. The van der Waals surface area contributed by atoms with E-state index < -0.39 is 11.9 Å². The van der Waals surface area contributed by atoms with Crippen LogP contribution < -0.4 is 0 Å². The number of aryl methyl sites for hydroxylation is 1. The molecule has 16 heavy (non-hydrogen) atoms. The number of carboxylic acids is 1. The molecule has 1 aromatic carbocycles.